The van der Waals surface area contributed by atoms with Crippen LogP contribution in [-0.4, -0.2) is 22.8 Å². The Balaban J connectivity index is 1.96. The Kier molecular flexibility index (Phi) is 5.87. The zero-order chi connectivity index (χ0) is 14.2. The van der Waals surface area contributed by atoms with Gasteiger partial charge in [-0.05, 0) is 30.4 Å². The molecule has 0 radical (unpaired) electrons. The number of nitrogens with zero attached hydrogens (tertiary/aromatic N) is 2. The summed E-state index contributed by atoms with van der Waals surface area (Å²) in [7, 11) is 0. The number of unbranched alkanes of at least 4 members (excludes halogenated alkanes) is 2. The first-order valence-electron chi connectivity index (χ1n) is 6.92. The molecule has 1 aromatic heterocycles. The highest BCUT2D eigenvalue weighted by molar-refractivity contribution is 7.98. The Hall–Kier alpha value is -1.55. The highest BCUT2D eigenvalue weighted by Gasteiger charge is 2.01. The fourth-order valence-electron chi connectivity index (χ4n) is 1.86. The summed E-state index contributed by atoms with van der Waals surface area (Å²) in [4.78, 5) is 8.57. The summed E-state index contributed by atoms with van der Waals surface area (Å²) >= 11 is 1.55. The number of rotatable bonds is 7. The van der Waals surface area contributed by atoms with Crippen LogP contribution in [0.2, 0.25) is 0 Å². The fourth-order valence-corrected chi connectivity index (χ4v) is 2.17. The van der Waals surface area contributed by atoms with Gasteiger partial charge in [0.25, 0.3) is 0 Å². The Morgan fingerprint density at radius 1 is 1.00 bits per heavy atom. The maximum Gasteiger partial charge on any atom is 0.187 e. The number of hydrogen-bond acceptors (Lipinski definition) is 4. The van der Waals surface area contributed by atoms with E-state index in [2.05, 4.69) is 16.9 Å². The van der Waals surface area contributed by atoms with Crippen molar-refractivity contribution in [1.82, 2.24) is 9.97 Å². The number of aromatic nitrogens is 2. The van der Waals surface area contributed by atoms with Gasteiger partial charge in [-0.3, -0.25) is 0 Å². The van der Waals surface area contributed by atoms with Gasteiger partial charge in [-0.1, -0.05) is 43.7 Å². The summed E-state index contributed by atoms with van der Waals surface area (Å²) < 4.78 is 5.70. The van der Waals surface area contributed by atoms with Crippen molar-refractivity contribution in [3.05, 3.63) is 36.7 Å². The normalized spacial score (nSPS) is 10.5. The Labute approximate surface area is 124 Å². The third-order valence-electron chi connectivity index (χ3n) is 3.01. The molecule has 4 heteroatoms. The molecule has 0 atom stereocenters. The second-order valence-electron chi connectivity index (χ2n) is 4.54. The van der Waals surface area contributed by atoms with Gasteiger partial charge in [0.05, 0.1) is 6.61 Å². The van der Waals surface area contributed by atoms with Crippen LogP contribution in [0.4, 0.5) is 0 Å². The van der Waals surface area contributed by atoms with Crippen LogP contribution in [-0.2, 0) is 0 Å². The quantitative estimate of drug-likeness (QED) is 0.429. The molecule has 2 rings (SSSR count). The molecule has 2 aromatic rings. The minimum absolute atomic E-state index is 0.790. The molecule has 0 amide bonds. The van der Waals surface area contributed by atoms with E-state index >= 15 is 0 Å². The van der Waals surface area contributed by atoms with Crippen LogP contribution in [0.25, 0.3) is 11.1 Å². The zero-order valence-corrected chi connectivity index (χ0v) is 12.8. The molecular formula is C16H20N2OS. The monoisotopic (exact) mass is 288 g/mol. The fraction of sp³-hybridized carbons (Fsp3) is 0.375. The largest absolute Gasteiger partial charge is 0.494 e. The Morgan fingerprint density at radius 2 is 1.70 bits per heavy atom. The smallest absolute Gasteiger partial charge is 0.187 e. The Bertz CT molecular complexity index is 511. The summed E-state index contributed by atoms with van der Waals surface area (Å²) in [6.07, 6.45) is 9.24. The van der Waals surface area contributed by atoms with E-state index in [4.69, 9.17) is 4.74 Å². The number of hydrogen-bond donors (Lipinski definition) is 0. The minimum Gasteiger partial charge on any atom is -0.494 e. The molecule has 3 nitrogen and oxygen atoms in total. The first-order valence-corrected chi connectivity index (χ1v) is 8.15. The number of benzene rings is 1. The van der Waals surface area contributed by atoms with Crippen LogP contribution >= 0.6 is 11.8 Å². The molecule has 20 heavy (non-hydrogen) atoms. The maximum atomic E-state index is 5.70. The van der Waals surface area contributed by atoms with Gasteiger partial charge in [0.1, 0.15) is 5.75 Å². The van der Waals surface area contributed by atoms with Gasteiger partial charge in [0.2, 0.25) is 0 Å². The zero-order valence-electron chi connectivity index (χ0n) is 12.0. The molecule has 0 aliphatic rings. The lowest BCUT2D eigenvalue weighted by Crippen LogP contribution is -1.96. The third-order valence-corrected chi connectivity index (χ3v) is 3.59. The standard InChI is InChI=1S/C16H20N2OS/c1-3-4-5-10-19-15-8-6-13(7-9-15)14-11-17-16(20-2)18-12-14/h6-9,11-12H,3-5,10H2,1-2H3. The minimum atomic E-state index is 0.790. The van der Waals surface area contributed by atoms with Crippen molar-refractivity contribution in [2.45, 2.75) is 31.3 Å². The predicted octanol–water partition coefficient (Wildman–Crippen LogP) is 4.43. The van der Waals surface area contributed by atoms with Gasteiger partial charge >= 0.3 is 0 Å². The van der Waals surface area contributed by atoms with Crippen molar-refractivity contribution in [3.8, 4) is 16.9 Å². The maximum absolute atomic E-state index is 5.70. The van der Waals surface area contributed by atoms with Crippen LogP contribution in [0.5, 0.6) is 5.75 Å². The van der Waals surface area contributed by atoms with Gasteiger partial charge < -0.3 is 4.74 Å². The highest BCUT2D eigenvalue weighted by Crippen LogP contribution is 2.22. The lowest BCUT2D eigenvalue weighted by molar-refractivity contribution is 0.306. The van der Waals surface area contributed by atoms with Crippen molar-refractivity contribution >= 4 is 11.8 Å². The predicted molar refractivity (Wildman–Crippen MR) is 84.3 cm³/mol. The molecule has 106 valence electrons. The number of thioether (sulfide) groups is 1. The molecule has 0 aliphatic carbocycles. The summed E-state index contributed by atoms with van der Waals surface area (Å²) in [5.74, 6) is 0.923. The van der Waals surface area contributed by atoms with Gasteiger partial charge in [0.15, 0.2) is 5.16 Å². The molecule has 0 aliphatic heterocycles. The van der Waals surface area contributed by atoms with Crippen molar-refractivity contribution in [1.29, 1.82) is 0 Å². The van der Waals surface area contributed by atoms with E-state index in [0.717, 1.165) is 35.1 Å². The average molecular weight is 288 g/mol. The molecule has 0 unspecified atom stereocenters. The van der Waals surface area contributed by atoms with Gasteiger partial charge in [-0.25, -0.2) is 9.97 Å². The molecule has 0 saturated carbocycles. The van der Waals surface area contributed by atoms with E-state index in [1.54, 1.807) is 11.8 Å². The van der Waals surface area contributed by atoms with Crippen molar-refractivity contribution < 1.29 is 4.74 Å². The second kappa shape index (κ2) is 7.90. The van der Waals surface area contributed by atoms with Crippen LogP contribution in [0.15, 0.2) is 41.8 Å². The Morgan fingerprint density at radius 3 is 2.30 bits per heavy atom. The molecule has 1 heterocycles. The van der Waals surface area contributed by atoms with Crippen molar-refractivity contribution in [2.75, 3.05) is 12.9 Å². The number of ether oxygens (including phenoxy) is 1. The third kappa shape index (κ3) is 4.23. The van der Waals surface area contributed by atoms with Crippen LogP contribution < -0.4 is 4.74 Å². The van der Waals surface area contributed by atoms with Crippen LogP contribution in [0.3, 0.4) is 0 Å². The van der Waals surface area contributed by atoms with Gasteiger partial charge in [0, 0.05) is 18.0 Å². The highest BCUT2D eigenvalue weighted by atomic mass is 32.2. The lowest BCUT2D eigenvalue weighted by atomic mass is 10.1. The van der Waals surface area contributed by atoms with Gasteiger partial charge in [-0.2, -0.15) is 0 Å². The molecular weight excluding hydrogens is 268 g/mol. The molecule has 0 fully saturated rings. The molecule has 0 N–H and O–H groups in total. The van der Waals surface area contributed by atoms with E-state index in [0.29, 0.717) is 0 Å². The molecule has 1 aromatic carbocycles. The van der Waals surface area contributed by atoms with Crippen LogP contribution in [0, 0.1) is 0 Å². The average Bonchev–Trinajstić information content (AvgIpc) is 2.52. The lowest BCUT2D eigenvalue weighted by Gasteiger charge is -2.07. The first-order chi connectivity index (χ1) is 9.83. The van der Waals surface area contributed by atoms with E-state index in [1.807, 2.05) is 42.9 Å². The first kappa shape index (κ1) is 14.9. The summed E-state index contributed by atoms with van der Waals surface area (Å²) in [6.45, 7) is 2.98. The van der Waals surface area contributed by atoms with E-state index < -0.39 is 0 Å². The van der Waals surface area contributed by atoms with E-state index in [9.17, 15) is 0 Å². The van der Waals surface area contributed by atoms with Crippen molar-refractivity contribution in [3.63, 3.8) is 0 Å². The van der Waals surface area contributed by atoms with Gasteiger partial charge in [-0.15, -0.1) is 0 Å². The van der Waals surface area contributed by atoms with Crippen LogP contribution in [0.1, 0.15) is 26.2 Å². The van der Waals surface area contributed by atoms with Crippen molar-refractivity contribution in [2.24, 2.45) is 0 Å². The van der Waals surface area contributed by atoms with E-state index in [-0.39, 0.29) is 0 Å². The summed E-state index contributed by atoms with van der Waals surface area (Å²) in [6, 6.07) is 8.10. The topological polar surface area (TPSA) is 35.0 Å². The second-order valence-corrected chi connectivity index (χ2v) is 5.31. The SMILES string of the molecule is CCCCCOc1ccc(-c2cnc(SC)nc2)cc1. The summed E-state index contributed by atoms with van der Waals surface area (Å²) in [5, 5.41) is 0.796. The summed E-state index contributed by atoms with van der Waals surface area (Å²) in [5.41, 5.74) is 2.14. The van der Waals surface area contributed by atoms with E-state index in [1.165, 1.54) is 12.8 Å². The molecule has 0 saturated heterocycles. The molecule has 0 bridgehead atoms. The molecule has 0 spiro atoms.